The van der Waals surface area contributed by atoms with Gasteiger partial charge in [-0.3, -0.25) is 10.1 Å². The molecule has 5 nitrogen and oxygen atoms in total. The number of hydrogen-bond donors (Lipinski definition) is 2. The molecule has 1 aliphatic rings. The number of hydrogen-bond acceptors (Lipinski definition) is 4. The molecule has 1 unspecified atom stereocenters. The van der Waals surface area contributed by atoms with Crippen LogP contribution in [0.15, 0.2) is 10.7 Å². The molecule has 1 saturated heterocycles. The molecule has 0 saturated carbocycles. The summed E-state index contributed by atoms with van der Waals surface area (Å²) in [6.45, 7) is 11.0. The molecule has 0 aromatic carbocycles. The highest BCUT2D eigenvalue weighted by atomic mass is 16.4. The van der Waals surface area contributed by atoms with Crippen molar-refractivity contribution in [2.24, 2.45) is 0 Å². The van der Waals surface area contributed by atoms with Crippen LogP contribution in [0.2, 0.25) is 0 Å². The predicted octanol–water partition coefficient (Wildman–Crippen LogP) is 2.30. The highest BCUT2D eigenvalue weighted by Gasteiger charge is 2.26. The lowest BCUT2D eigenvalue weighted by Crippen LogP contribution is -2.50. The van der Waals surface area contributed by atoms with Crippen molar-refractivity contribution in [3.63, 3.8) is 0 Å². The molecule has 2 rings (SSSR count). The summed E-state index contributed by atoms with van der Waals surface area (Å²) in [4.78, 5) is 15.8. The summed E-state index contributed by atoms with van der Waals surface area (Å²) in [5, 5.41) is 5.68. The maximum absolute atomic E-state index is 11.6. The highest BCUT2D eigenvalue weighted by molar-refractivity contribution is 5.93. The molecule has 1 aromatic rings. The average Bonchev–Trinajstić information content (AvgIpc) is 2.66. The molecular weight excluding hydrogens is 230 g/mol. The topological polar surface area (TPSA) is 67.2 Å². The van der Waals surface area contributed by atoms with Crippen LogP contribution in [0.5, 0.6) is 0 Å². The van der Waals surface area contributed by atoms with Gasteiger partial charge in [-0.1, -0.05) is 34.6 Å². The molecule has 1 amide bonds. The third kappa shape index (κ3) is 3.57. The van der Waals surface area contributed by atoms with Crippen LogP contribution in [0.25, 0.3) is 0 Å². The number of nitrogens with zero attached hydrogens (tertiary/aromatic N) is 1. The first-order chi connectivity index (χ1) is 8.47. The van der Waals surface area contributed by atoms with E-state index in [9.17, 15) is 4.79 Å². The Bertz CT molecular complexity index is 389. The minimum absolute atomic E-state index is 0.0683. The van der Waals surface area contributed by atoms with E-state index in [1.807, 2.05) is 34.6 Å². The van der Waals surface area contributed by atoms with Crippen molar-refractivity contribution in [2.75, 3.05) is 11.9 Å². The minimum atomic E-state index is -0.0926. The Labute approximate surface area is 108 Å². The Kier molecular flexibility index (Phi) is 4.90. The van der Waals surface area contributed by atoms with Crippen molar-refractivity contribution in [2.45, 2.75) is 52.5 Å². The van der Waals surface area contributed by atoms with Crippen molar-refractivity contribution in [3.8, 4) is 0 Å². The summed E-state index contributed by atoms with van der Waals surface area (Å²) in [6.07, 6.45) is 2.46. The van der Waals surface area contributed by atoms with Gasteiger partial charge in [0, 0.05) is 5.41 Å². The van der Waals surface area contributed by atoms with Gasteiger partial charge in [0.15, 0.2) is 0 Å². The van der Waals surface area contributed by atoms with Crippen LogP contribution in [0, 0.1) is 0 Å². The van der Waals surface area contributed by atoms with Gasteiger partial charge < -0.3 is 9.73 Å². The van der Waals surface area contributed by atoms with E-state index >= 15 is 0 Å². The average molecular weight is 253 g/mol. The maximum Gasteiger partial charge on any atom is 0.301 e. The minimum Gasteiger partial charge on any atom is -0.432 e. The Hall–Kier alpha value is -1.36. The van der Waals surface area contributed by atoms with Gasteiger partial charge in [-0.05, 0) is 13.0 Å². The zero-order chi connectivity index (χ0) is 13.8. The predicted molar refractivity (Wildman–Crippen MR) is 71.6 cm³/mol. The Morgan fingerprint density at radius 3 is 2.50 bits per heavy atom. The second kappa shape index (κ2) is 6.00. The van der Waals surface area contributed by atoms with Crippen LogP contribution in [-0.4, -0.2) is 23.5 Å². The second-order valence-electron chi connectivity index (χ2n) is 5.07. The number of nitrogens with one attached hydrogen (secondary N) is 2. The zero-order valence-corrected chi connectivity index (χ0v) is 11.8. The third-order valence-corrected chi connectivity index (χ3v) is 2.64. The van der Waals surface area contributed by atoms with Gasteiger partial charge in [0.25, 0.3) is 0 Å². The Morgan fingerprint density at radius 1 is 1.50 bits per heavy atom. The smallest absolute Gasteiger partial charge is 0.301 e. The molecule has 1 fully saturated rings. The van der Waals surface area contributed by atoms with Crippen molar-refractivity contribution >= 4 is 11.9 Å². The van der Waals surface area contributed by atoms with Crippen molar-refractivity contribution in [1.29, 1.82) is 0 Å². The van der Waals surface area contributed by atoms with Crippen LogP contribution in [-0.2, 0) is 10.2 Å². The van der Waals surface area contributed by atoms with Gasteiger partial charge in [0.1, 0.15) is 6.26 Å². The Balaban J connectivity index is 0.000000771. The molecule has 1 aliphatic heterocycles. The Morgan fingerprint density at radius 2 is 2.11 bits per heavy atom. The van der Waals surface area contributed by atoms with E-state index in [1.165, 1.54) is 0 Å². The molecule has 0 aliphatic carbocycles. The lowest BCUT2D eigenvalue weighted by Gasteiger charge is -2.25. The van der Waals surface area contributed by atoms with Crippen LogP contribution < -0.4 is 10.6 Å². The van der Waals surface area contributed by atoms with Crippen molar-refractivity contribution in [1.82, 2.24) is 10.3 Å². The standard InChI is InChI=1S/C11H17N3O2.C2H6/c1-11(2,3)8-6-16-10(13-8)14-9(15)7-4-5-12-7;1-2/h6-7,12H,4-5H2,1-3H3,(H,13,14,15);1-2H3. The van der Waals surface area contributed by atoms with Crippen molar-refractivity contribution in [3.05, 3.63) is 12.0 Å². The molecule has 2 N–H and O–H groups in total. The number of carbonyl (C=O) groups excluding carboxylic acids is 1. The van der Waals surface area contributed by atoms with E-state index in [-0.39, 0.29) is 23.4 Å². The van der Waals surface area contributed by atoms with E-state index in [0.29, 0.717) is 0 Å². The quantitative estimate of drug-likeness (QED) is 0.848. The number of amides is 1. The van der Waals surface area contributed by atoms with Crippen LogP contribution >= 0.6 is 0 Å². The first-order valence-corrected chi connectivity index (χ1v) is 6.47. The van der Waals surface area contributed by atoms with E-state index in [1.54, 1.807) is 6.26 Å². The van der Waals surface area contributed by atoms with E-state index in [0.717, 1.165) is 18.7 Å². The fourth-order valence-electron chi connectivity index (χ4n) is 1.38. The fourth-order valence-corrected chi connectivity index (χ4v) is 1.38. The molecule has 0 bridgehead atoms. The number of rotatable bonds is 2. The summed E-state index contributed by atoms with van der Waals surface area (Å²) < 4.78 is 5.21. The summed E-state index contributed by atoms with van der Waals surface area (Å²) >= 11 is 0. The number of anilines is 1. The van der Waals surface area contributed by atoms with Gasteiger partial charge in [-0.2, -0.15) is 4.98 Å². The summed E-state index contributed by atoms with van der Waals surface area (Å²) in [7, 11) is 0. The highest BCUT2D eigenvalue weighted by Crippen LogP contribution is 2.22. The first kappa shape index (κ1) is 14.7. The maximum atomic E-state index is 11.6. The zero-order valence-electron chi connectivity index (χ0n) is 11.8. The molecular formula is C13H23N3O2. The molecule has 1 aromatic heterocycles. The fraction of sp³-hybridized carbons (Fsp3) is 0.692. The van der Waals surface area contributed by atoms with E-state index < -0.39 is 0 Å². The van der Waals surface area contributed by atoms with Gasteiger partial charge >= 0.3 is 6.01 Å². The lowest BCUT2D eigenvalue weighted by atomic mass is 9.93. The molecule has 2 heterocycles. The SMILES string of the molecule is CC.CC(C)(C)c1coc(NC(=O)C2CCN2)n1. The van der Waals surface area contributed by atoms with Gasteiger partial charge in [0.05, 0.1) is 11.7 Å². The van der Waals surface area contributed by atoms with Crippen LogP contribution in [0.3, 0.4) is 0 Å². The summed E-state index contributed by atoms with van der Waals surface area (Å²) in [6, 6.07) is 0.189. The second-order valence-corrected chi connectivity index (χ2v) is 5.07. The van der Waals surface area contributed by atoms with Crippen LogP contribution in [0.1, 0.15) is 46.7 Å². The van der Waals surface area contributed by atoms with E-state index in [4.69, 9.17) is 4.42 Å². The first-order valence-electron chi connectivity index (χ1n) is 6.47. The van der Waals surface area contributed by atoms with Gasteiger partial charge in [-0.25, -0.2) is 0 Å². The van der Waals surface area contributed by atoms with Gasteiger partial charge in [0.2, 0.25) is 5.91 Å². The number of carbonyl (C=O) groups is 1. The molecule has 0 spiro atoms. The largest absolute Gasteiger partial charge is 0.432 e. The lowest BCUT2D eigenvalue weighted by molar-refractivity contribution is -0.119. The molecule has 0 radical (unpaired) electrons. The third-order valence-electron chi connectivity index (χ3n) is 2.64. The number of oxazole rings is 1. The van der Waals surface area contributed by atoms with Crippen LogP contribution in [0.4, 0.5) is 6.01 Å². The molecule has 102 valence electrons. The van der Waals surface area contributed by atoms with E-state index in [2.05, 4.69) is 15.6 Å². The molecule has 1 atom stereocenters. The summed E-state index contributed by atoms with van der Waals surface area (Å²) in [5.74, 6) is -0.0754. The molecule has 5 heteroatoms. The monoisotopic (exact) mass is 253 g/mol. The number of aromatic nitrogens is 1. The molecule has 18 heavy (non-hydrogen) atoms. The van der Waals surface area contributed by atoms with Crippen molar-refractivity contribution < 1.29 is 9.21 Å². The summed E-state index contributed by atoms with van der Waals surface area (Å²) in [5.41, 5.74) is 0.769. The van der Waals surface area contributed by atoms with Gasteiger partial charge in [-0.15, -0.1) is 0 Å². The normalized spacial score (nSPS) is 18.4.